The molecule has 1 atom stereocenters. The molecule has 0 heterocycles. The summed E-state index contributed by atoms with van der Waals surface area (Å²) in [4.78, 5) is 0.347. The van der Waals surface area contributed by atoms with Crippen LogP contribution < -0.4 is 0 Å². The molecule has 0 bridgehead atoms. The lowest BCUT2D eigenvalue weighted by Crippen LogP contribution is -1.96. The molecule has 2 aromatic carbocycles. The molecular formula is C15H14Br2. The van der Waals surface area contributed by atoms with Crippen LogP contribution in [0, 0.1) is 6.92 Å². The van der Waals surface area contributed by atoms with Crippen LogP contribution in [0.15, 0.2) is 53.0 Å². The fourth-order valence-corrected chi connectivity index (χ4v) is 3.53. The molecule has 0 nitrogen and oxygen atoms in total. The second kappa shape index (κ2) is 5.83. The summed E-state index contributed by atoms with van der Waals surface area (Å²) in [6.45, 7) is 2.13. The zero-order valence-electron chi connectivity index (χ0n) is 9.66. The van der Waals surface area contributed by atoms with E-state index in [1.807, 2.05) is 6.07 Å². The van der Waals surface area contributed by atoms with Crippen LogP contribution in [0.25, 0.3) is 0 Å². The summed E-state index contributed by atoms with van der Waals surface area (Å²) < 4.78 is 1.16. The first-order valence-corrected chi connectivity index (χ1v) is 7.32. The standard InChI is InChI=1S/C15H14Br2/c1-11-5-4-6-12(9-11)10-15(17)13-7-2-3-8-14(13)16/h2-9,15H,10H2,1H3. The van der Waals surface area contributed by atoms with Gasteiger partial charge in [-0.05, 0) is 30.5 Å². The zero-order valence-corrected chi connectivity index (χ0v) is 12.8. The number of rotatable bonds is 3. The maximum absolute atomic E-state index is 3.77. The van der Waals surface area contributed by atoms with Crippen molar-refractivity contribution in [2.75, 3.05) is 0 Å². The van der Waals surface area contributed by atoms with Gasteiger partial charge in [-0.3, -0.25) is 0 Å². The van der Waals surface area contributed by atoms with Crippen molar-refractivity contribution < 1.29 is 0 Å². The normalized spacial score (nSPS) is 12.4. The second-order valence-corrected chi connectivity index (χ2v) is 6.14. The van der Waals surface area contributed by atoms with E-state index in [1.165, 1.54) is 16.7 Å². The van der Waals surface area contributed by atoms with Crippen molar-refractivity contribution in [1.29, 1.82) is 0 Å². The largest absolute Gasteiger partial charge is 0.0835 e. The van der Waals surface area contributed by atoms with Gasteiger partial charge in [0.15, 0.2) is 0 Å². The van der Waals surface area contributed by atoms with Crippen LogP contribution in [-0.2, 0) is 6.42 Å². The average molecular weight is 354 g/mol. The van der Waals surface area contributed by atoms with E-state index in [9.17, 15) is 0 Å². The highest BCUT2D eigenvalue weighted by Gasteiger charge is 2.11. The van der Waals surface area contributed by atoms with Crippen LogP contribution in [0.1, 0.15) is 21.5 Å². The smallest absolute Gasteiger partial charge is 0.0446 e. The number of aryl methyl sites for hydroxylation is 1. The predicted molar refractivity (Wildman–Crippen MR) is 80.7 cm³/mol. The molecule has 88 valence electrons. The third kappa shape index (κ3) is 3.43. The molecule has 2 heteroatoms. The molecule has 0 fully saturated rings. The Morgan fingerprint density at radius 1 is 1.06 bits per heavy atom. The number of hydrogen-bond acceptors (Lipinski definition) is 0. The van der Waals surface area contributed by atoms with Gasteiger partial charge in [-0.2, -0.15) is 0 Å². The minimum absolute atomic E-state index is 0.347. The molecule has 0 saturated heterocycles. The monoisotopic (exact) mass is 352 g/mol. The van der Waals surface area contributed by atoms with Crippen molar-refractivity contribution in [1.82, 2.24) is 0 Å². The van der Waals surface area contributed by atoms with Gasteiger partial charge in [-0.15, -0.1) is 0 Å². The molecule has 0 aliphatic rings. The number of halogens is 2. The summed E-state index contributed by atoms with van der Waals surface area (Å²) >= 11 is 7.36. The van der Waals surface area contributed by atoms with E-state index in [4.69, 9.17) is 0 Å². The van der Waals surface area contributed by atoms with Crippen molar-refractivity contribution in [2.45, 2.75) is 18.2 Å². The Bertz CT molecular complexity index is 506. The molecule has 0 spiro atoms. The van der Waals surface area contributed by atoms with E-state index in [-0.39, 0.29) is 0 Å². The lowest BCUT2D eigenvalue weighted by Gasteiger charge is -2.12. The average Bonchev–Trinajstić information content (AvgIpc) is 2.29. The Kier molecular flexibility index (Phi) is 4.41. The minimum Gasteiger partial charge on any atom is -0.0835 e. The van der Waals surface area contributed by atoms with Crippen molar-refractivity contribution in [3.8, 4) is 0 Å². The van der Waals surface area contributed by atoms with Crippen LogP contribution >= 0.6 is 31.9 Å². The first kappa shape index (κ1) is 12.8. The fourth-order valence-electron chi connectivity index (χ4n) is 1.89. The Balaban J connectivity index is 2.17. The number of benzene rings is 2. The van der Waals surface area contributed by atoms with Crippen molar-refractivity contribution >= 4 is 31.9 Å². The topological polar surface area (TPSA) is 0 Å². The third-order valence-electron chi connectivity index (χ3n) is 2.74. The number of alkyl halides is 1. The van der Waals surface area contributed by atoms with Crippen molar-refractivity contribution in [2.24, 2.45) is 0 Å². The Labute approximate surface area is 119 Å². The molecule has 17 heavy (non-hydrogen) atoms. The molecular weight excluding hydrogens is 340 g/mol. The van der Waals surface area contributed by atoms with E-state index >= 15 is 0 Å². The fraction of sp³-hybridized carbons (Fsp3) is 0.200. The van der Waals surface area contributed by atoms with E-state index in [0.717, 1.165) is 10.9 Å². The lowest BCUT2D eigenvalue weighted by atomic mass is 10.0. The van der Waals surface area contributed by atoms with E-state index in [0.29, 0.717) is 4.83 Å². The van der Waals surface area contributed by atoms with Crippen LogP contribution in [0.2, 0.25) is 0 Å². The van der Waals surface area contributed by atoms with Gasteiger partial charge in [0.1, 0.15) is 0 Å². The molecule has 0 aliphatic heterocycles. The Hall–Kier alpha value is -0.600. The molecule has 0 N–H and O–H groups in total. The molecule has 0 saturated carbocycles. The second-order valence-electron chi connectivity index (χ2n) is 4.18. The highest BCUT2D eigenvalue weighted by molar-refractivity contribution is 9.11. The van der Waals surface area contributed by atoms with Gasteiger partial charge in [-0.25, -0.2) is 0 Å². The van der Waals surface area contributed by atoms with Gasteiger partial charge >= 0.3 is 0 Å². The molecule has 0 aliphatic carbocycles. The Morgan fingerprint density at radius 2 is 1.82 bits per heavy atom. The van der Waals surface area contributed by atoms with Crippen LogP contribution in [0.5, 0.6) is 0 Å². The summed E-state index contributed by atoms with van der Waals surface area (Å²) in [6, 6.07) is 17.0. The van der Waals surface area contributed by atoms with Gasteiger partial charge in [0.05, 0.1) is 0 Å². The maximum Gasteiger partial charge on any atom is 0.0446 e. The zero-order chi connectivity index (χ0) is 12.3. The van der Waals surface area contributed by atoms with Crippen molar-refractivity contribution in [3.63, 3.8) is 0 Å². The van der Waals surface area contributed by atoms with E-state index in [2.05, 4.69) is 81.2 Å². The van der Waals surface area contributed by atoms with Gasteiger partial charge in [0.25, 0.3) is 0 Å². The first-order valence-electron chi connectivity index (χ1n) is 5.61. The summed E-state index contributed by atoms with van der Waals surface area (Å²) in [5.74, 6) is 0. The van der Waals surface area contributed by atoms with Crippen LogP contribution in [0.4, 0.5) is 0 Å². The first-order chi connectivity index (χ1) is 8.16. The minimum atomic E-state index is 0.347. The SMILES string of the molecule is Cc1cccc(CC(Br)c2ccccc2Br)c1. The molecule has 0 amide bonds. The van der Waals surface area contributed by atoms with Crippen LogP contribution in [-0.4, -0.2) is 0 Å². The molecule has 1 unspecified atom stereocenters. The van der Waals surface area contributed by atoms with Crippen LogP contribution in [0.3, 0.4) is 0 Å². The van der Waals surface area contributed by atoms with Crippen molar-refractivity contribution in [3.05, 3.63) is 69.7 Å². The van der Waals surface area contributed by atoms with Gasteiger partial charge in [0.2, 0.25) is 0 Å². The summed E-state index contributed by atoms with van der Waals surface area (Å²) in [5, 5.41) is 0. The third-order valence-corrected chi connectivity index (χ3v) is 4.28. The Morgan fingerprint density at radius 3 is 2.53 bits per heavy atom. The lowest BCUT2D eigenvalue weighted by molar-refractivity contribution is 0.941. The predicted octanol–water partition coefficient (Wildman–Crippen LogP) is 5.44. The quantitative estimate of drug-likeness (QED) is 0.645. The van der Waals surface area contributed by atoms with E-state index < -0.39 is 0 Å². The molecule has 2 aromatic rings. The summed E-state index contributed by atoms with van der Waals surface area (Å²) in [6.07, 6.45) is 1.00. The van der Waals surface area contributed by atoms with Gasteiger partial charge in [0, 0.05) is 9.30 Å². The molecule has 2 rings (SSSR count). The highest BCUT2D eigenvalue weighted by Crippen LogP contribution is 2.32. The maximum atomic E-state index is 3.77. The number of hydrogen-bond donors (Lipinski definition) is 0. The molecule has 0 aromatic heterocycles. The van der Waals surface area contributed by atoms with Gasteiger partial charge in [-0.1, -0.05) is 79.9 Å². The summed E-state index contributed by atoms with van der Waals surface area (Å²) in [5.41, 5.74) is 3.98. The van der Waals surface area contributed by atoms with Gasteiger partial charge < -0.3 is 0 Å². The summed E-state index contributed by atoms with van der Waals surface area (Å²) in [7, 11) is 0. The highest BCUT2D eigenvalue weighted by atomic mass is 79.9. The van der Waals surface area contributed by atoms with E-state index in [1.54, 1.807) is 0 Å². The molecule has 0 radical (unpaired) electrons.